The zero-order chi connectivity index (χ0) is 18.5. The van der Waals surface area contributed by atoms with Crippen LogP contribution < -0.4 is 4.74 Å². The molecule has 5 nitrogen and oxygen atoms in total. The summed E-state index contributed by atoms with van der Waals surface area (Å²) >= 11 is 1.23. The fourth-order valence-corrected chi connectivity index (χ4v) is 2.98. The largest absolute Gasteiger partial charge is 0.484 e. The summed E-state index contributed by atoms with van der Waals surface area (Å²) < 4.78 is 11.3. The lowest BCUT2D eigenvalue weighted by Gasteiger charge is -2.07. The average molecular weight is 368 g/mol. The van der Waals surface area contributed by atoms with Crippen molar-refractivity contribution >= 4 is 17.5 Å². The van der Waals surface area contributed by atoms with E-state index in [1.807, 2.05) is 63.2 Å². The first kappa shape index (κ1) is 18.2. The van der Waals surface area contributed by atoms with E-state index in [0.717, 1.165) is 22.4 Å². The van der Waals surface area contributed by atoms with Gasteiger partial charge in [0.05, 0.1) is 5.75 Å². The van der Waals surface area contributed by atoms with Gasteiger partial charge in [0, 0.05) is 5.56 Å². The highest BCUT2D eigenvalue weighted by Gasteiger charge is 2.12. The number of ether oxygens (including phenoxy) is 1. The number of nitrogens with zero attached hydrogens (tertiary/aromatic N) is 2. The van der Waals surface area contributed by atoms with E-state index in [1.54, 1.807) is 0 Å². The molecule has 0 saturated carbocycles. The highest BCUT2D eigenvalue weighted by atomic mass is 32.2. The van der Waals surface area contributed by atoms with E-state index in [1.165, 1.54) is 11.8 Å². The van der Waals surface area contributed by atoms with Crippen molar-refractivity contribution in [1.29, 1.82) is 0 Å². The number of aryl methyl sites for hydroxylation is 3. The van der Waals surface area contributed by atoms with Gasteiger partial charge in [-0.25, -0.2) is 0 Å². The van der Waals surface area contributed by atoms with Crippen LogP contribution in [-0.4, -0.2) is 21.7 Å². The van der Waals surface area contributed by atoms with Crippen molar-refractivity contribution in [2.75, 3.05) is 5.75 Å². The van der Waals surface area contributed by atoms with Gasteiger partial charge in [-0.05, 0) is 38.0 Å². The molecule has 0 radical (unpaired) electrons. The first-order valence-corrected chi connectivity index (χ1v) is 9.25. The van der Waals surface area contributed by atoms with Crippen LogP contribution in [0.2, 0.25) is 0 Å². The molecule has 2 aromatic carbocycles. The molecule has 0 amide bonds. The van der Waals surface area contributed by atoms with Crippen molar-refractivity contribution < 1.29 is 13.9 Å². The predicted molar refractivity (Wildman–Crippen MR) is 101 cm³/mol. The van der Waals surface area contributed by atoms with Crippen LogP contribution in [0.1, 0.15) is 32.9 Å². The number of ketones is 1. The van der Waals surface area contributed by atoms with Gasteiger partial charge in [-0.3, -0.25) is 4.79 Å². The number of hydrogen-bond acceptors (Lipinski definition) is 6. The van der Waals surface area contributed by atoms with Crippen LogP contribution in [0.15, 0.2) is 52.1 Å². The van der Waals surface area contributed by atoms with Crippen LogP contribution in [0.4, 0.5) is 0 Å². The molecule has 6 heteroatoms. The molecule has 0 aliphatic rings. The molecular formula is C20H20N2O3S. The lowest BCUT2D eigenvalue weighted by Crippen LogP contribution is -2.02. The third-order valence-electron chi connectivity index (χ3n) is 3.84. The van der Waals surface area contributed by atoms with Crippen LogP contribution in [0.3, 0.4) is 0 Å². The van der Waals surface area contributed by atoms with Crippen LogP contribution in [-0.2, 0) is 6.61 Å². The van der Waals surface area contributed by atoms with E-state index >= 15 is 0 Å². The van der Waals surface area contributed by atoms with Crippen molar-refractivity contribution in [3.05, 3.63) is 70.6 Å². The van der Waals surface area contributed by atoms with Gasteiger partial charge in [-0.2, -0.15) is 0 Å². The second-order valence-electron chi connectivity index (χ2n) is 6.10. The standard InChI is InChI=1S/C20H20N2O3S/c1-13-5-8-16(9-6-13)17(23)12-26-20-22-21-19(25-20)11-24-18-10-14(2)4-7-15(18)3/h4-10H,11-12H2,1-3H3. The summed E-state index contributed by atoms with van der Waals surface area (Å²) in [6.07, 6.45) is 0. The average Bonchev–Trinajstić information content (AvgIpc) is 3.09. The molecule has 26 heavy (non-hydrogen) atoms. The highest BCUT2D eigenvalue weighted by Crippen LogP contribution is 2.22. The minimum absolute atomic E-state index is 0.0291. The molecular weight excluding hydrogens is 348 g/mol. The maximum atomic E-state index is 12.2. The zero-order valence-corrected chi connectivity index (χ0v) is 15.8. The van der Waals surface area contributed by atoms with Gasteiger partial charge in [-0.15, -0.1) is 10.2 Å². The molecule has 1 aromatic heterocycles. The molecule has 0 spiro atoms. The van der Waals surface area contributed by atoms with E-state index in [9.17, 15) is 4.79 Å². The quantitative estimate of drug-likeness (QED) is 0.450. The summed E-state index contributed by atoms with van der Waals surface area (Å²) in [5.74, 6) is 1.47. The Morgan fingerprint density at radius 2 is 1.77 bits per heavy atom. The summed E-state index contributed by atoms with van der Waals surface area (Å²) in [7, 11) is 0. The summed E-state index contributed by atoms with van der Waals surface area (Å²) in [5, 5.41) is 8.30. The Bertz CT molecular complexity index is 904. The van der Waals surface area contributed by atoms with E-state index in [-0.39, 0.29) is 18.1 Å². The van der Waals surface area contributed by atoms with Gasteiger partial charge < -0.3 is 9.15 Å². The minimum Gasteiger partial charge on any atom is -0.484 e. The Balaban J connectivity index is 1.53. The maximum Gasteiger partial charge on any atom is 0.277 e. The van der Waals surface area contributed by atoms with E-state index < -0.39 is 0 Å². The lowest BCUT2D eigenvalue weighted by molar-refractivity contribution is 0.102. The monoisotopic (exact) mass is 368 g/mol. The van der Waals surface area contributed by atoms with Crippen molar-refractivity contribution in [1.82, 2.24) is 10.2 Å². The minimum atomic E-state index is 0.0291. The summed E-state index contributed by atoms with van der Waals surface area (Å²) in [5.41, 5.74) is 3.98. The number of thioether (sulfide) groups is 1. The summed E-state index contributed by atoms with van der Waals surface area (Å²) in [6.45, 7) is 6.19. The van der Waals surface area contributed by atoms with E-state index in [4.69, 9.17) is 9.15 Å². The van der Waals surface area contributed by atoms with E-state index in [2.05, 4.69) is 10.2 Å². The second kappa shape index (κ2) is 8.19. The van der Waals surface area contributed by atoms with Crippen molar-refractivity contribution in [3.8, 4) is 5.75 Å². The van der Waals surface area contributed by atoms with Crippen LogP contribution in [0.5, 0.6) is 5.75 Å². The number of benzene rings is 2. The third kappa shape index (κ3) is 4.73. The topological polar surface area (TPSA) is 65.2 Å². The van der Waals surface area contributed by atoms with Gasteiger partial charge in [0.2, 0.25) is 0 Å². The van der Waals surface area contributed by atoms with Gasteiger partial charge in [-0.1, -0.05) is 53.7 Å². The number of rotatable bonds is 7. The van der Waals surface area contributed by atoms with Crippen LogP contribution in [0.25, 0.3) is 0 Å². The first-order chi connectivity index (χ1) is 12.5. The zero-order valence-electron chi connectivity index (χ0n) is 15.0. The Morgan fingerprint density at radius 3 is 2.54 bits per heavy atom. The van der Waals surface area contributed by atoms with Gasteiger partial charge in [0.25, 0.3) is 11.1 Å². The Kier molecular flexibility index (Phi) is 5.73. The number of carbonyl (C=O) groups is 1. The molecule has 0 bridgehead atoms. The summed E-state index contributed by atoms with van der Waals surface area (Å²) in [4.78, 5) is 12.2. The van der Waals surface area contributed by atoms with Crippen molar-refractivity contribution in [2.24, 2.45) is 0 Å². The van der Waals surface area contributed by atoms with Crippen LogP contribution >= 0.6 is 11.8 Å². The highest BCUT2D eigenvalue weighted by molar-refractivity contribution is 7.99. The fourth-order valence-electron chi connectivity index (χ4n) is 2.31. The molecule has 134 valence electrons. The predicted octanol–water partition coefficient (Wildman–Crippen LogP) is 4.55. The lowest BCUT2D eigenvalue weighted by atomic mass is 10.1. The third-order valence-corrected chi connectivity index (χ3v) is 4.66. The number of carbonyl (C=O) groups excluding carboxylic acids is 1. The molecule has 0 unspecified atom stereocenters. The molecule has 0 atom stereocenters. The molecule has 0 fully saturated rings. The van der Waals surface area contributed by atoms with Gasteiger partial charge >= 0.3 is 0 Å². The van der Waals surface area contributed by atoms with Gasteiger partial charge in [0.1, 0.15) is 5.75 Å². The molecule has 0 saturated heterocycles. The molecule has 0 aliphatic carbocycles. The van der Waals surface area contributed by atoms with Crippen LogP contribution in [0, 0.1) is 20.8 Å². The first-order valence-electron chi connectivity index (χ1n) is 8.26. The van der Waals surface area contributed by atoms with E-state index in [0.29, 0.717) is 16.7 Å². The maximum absolute atomic E-state index is 12.2. The molecule has 1 heterocycles. The number of hydrogen-bond donors (Lipinski definition) is 0. The molecule has 3 rings (SSSR count). The van der Waals surface area contributed by atoms with Gasteiger partial charge in [0.15, 0.2) is 12.4 Å². The Labute approximate surface area is 156 Å². The van der Waals surface area contributed by atoms with Crippen molar-refractivity contribution in [2.45, 2.75) is 32.6 Å². The molecule has 3 aromatic rings. The fraction of sp³-hybridized carbons (Fsp3) is 0.250. The van der Waals surface area contributed by atoms with Crippen molar-refractivity contribution in [3.63, 3.8) is 0 Å². The number of Topliss-reactive ketones (excluding diaryl/α,β-unsaturated/α-hetero) is 1. The second-order valence-corrected chi connectivity index (χ2v) is 7.02. The SMILES string of the molecule is Cc1ccc(C(=O)CSc2nnc(COc3cc(C)ccc3C)o2)cc1. The smallest absolute Gasteiger partial charge is 0.277 e. The number of aromatic nitrogens is 2. The Morgan fingerprint density at radius 1 is 1.04 bits per heavy atom. The molecule has 0 N–H and O–H groups in total. The molecule has 0 aliphatic heterocycles. The summed E-state index contributed by atoms with van der Waals surface area (Å²) in [6, 6.07) is 13.5. The Hall–Kier alpha value is -2.60. The normalized spacial score (nSPS) is 10.7.